The van der Waals surface area contributed by atoms with Gasteiger partial charge in [0.15, 0.2) is 0 Å². The lowest BCUT2D eigenvalue weighted by atomic mass is 9.93. The lowest BCUT2D eigenvalue weighted by Crippen LogP contribution is -2.31. The average molecular weight is 283 g/mol. The van der Waals surface area contributed by atoms with Crippen LogP contribution in [-0.2, 0) is 4.79 Å². The summed E-state index contributed by atoms with van der Waals surface area (Å²) in [5.41, 5.74) is 3.09. The van der Waals surface area contributed by atoms with Crippen LogP contribution in [-0.4, -0.2) is 17.1 Å². The van der Waals surface area contributed by atoms with E-state index in [1.807, 2.05) is 61.5 Å². The fourth-order valence-corrected chi connectivity index (χ4v) is 2.42. The van der Waals surface area contributed by atoms with Crippen molar-refractivity contribution in [2.45, 2.75) is 32.2 Å². The molecule has 2 rings (SSSR count). The van der Waals surface area contributed by atoms with E-state index in [0.717, 1.165) is 16.8 Å². The van der Waals surface area contributed by atoms with E-state index in [1.165, 1.54) is 0 Å². The molecule has 3 nitrogen and oxygen atoms in total. The highest BCUT2D eigenvalue weighted by Crippen LogP contribution is 2.23. The van der Waals surface area contributed by atoms with Crippen molar-refractivity contribution in [1.82, 2.24) is 0 Å². The Morgan fingerprint density at radius 3 is 2.33 bits per heavy atom. The average Bonchev–Trinajstić information content (AvgIpc) is 2.49. The van der Waals surface area contributed by atoms with Crippen LogP contribution in [0.15, 0.2) is 54.6 Å². The summed E-state index contributed by atoms with van der Waals surface area (Å²) in [6.07, 6.45) is 0.549. The third kappa shape index (κ3) is 4.09. The summed E-state index contributed by atoms with van der Waals surface area (Å²) >= 11 is 0. The zero-order valence-corrected chi connectivity index (χ0v) is 12.4. The Balaban J connectivity index is 2.10. The van der Waals surface area contributed by atoms with Gasteiger partial charge >= 0.3 is 5.97 Å². The Kier molecular flexibility index (Phi) is 4.99. The molecule has 0 saturated carbocycles. The van der Waals surface area contributed by atoms with E-state index in [9.17, 15) is 9.90 Å². The quantitative estimate of drug-likeness (QED) is 0.840. The van der Waals surface area contributed by atoms with Gasteiger partial charge in [-0.2, -0.15) is 0 Å². The molecule has 0 fully saturated rings. The van der Waals surface area contributed by atoms with Crippen LogP contribution in [0.1, 0.15) is 30.4 Å². The fourth-order valence-electron chi connectivity index (χ4n) is 2.42. The zero-order chi connectivity index (χ0) is 15.2. The van der Waals surface area contributed by atoms with Gasteiger partial charge in [0, 0.05) is 5.69 Å². The standard InChI is InChI=1S/C18H21NO2/c1-13-8-6-7-11-16(13)19-17(18(20)21)12-14(2)15-9-4-3-5-10-15/h3-11,14,17,19H,12H2,1-2H3,(H,20,21). The van der Waals surface area contributed by atoms with Gasteiger partial charge in [-0.25, -0.2) is 4.79 Å². The number of hydrogen-bond acceptors (Lipinski definition) is 2. The van der Waals surface area contributed by atoms with Crippen molar-refractivity contribution >= 4 is 11.7 Å². The van der Waals surface area contributed by atoms with Crippen molar-refractivity contribution in [3.8, 4) is 0 Å². The molecule has 3 heteroatoms. The summed E-state index contributed by atoms with van der Waals surface area (Å²) in [5.74, 6) is -0.634. The van der Waals surface area contributed by atoms with E-state index in [1.54, 1.807) is 0 Å². The van der Waals surface area contributed by atoms with Crippen molar-refractivity contribution in [2.75, 3.05) is 5.32 Å². The molecule has 0 bridgehead atoms. The summed E-state index contributed by atoms with van der Waals surface area (Å²) in [6.45, 7) is 4.03. The number of carboxylic acid groups (broad SMARTS) is 1. The SMILES string of the molecule is Cc1ccccc1NC(CC(C)c1ccccc1)C(=O)O. The van der Waals surface area contributed by atoms with Gasteiger partial charge < -0.3 is 10.4 Å². The second kappa shape index (κ2) is 6.93. The van der Waals surface area contributed by atoms with E-state index >= 15 is 0 Å². The van der Waals surface area contributed by atoms with Gasteiger partial charge in [0.05, 0.1) is 0 Å². The largest absolute Gasteiger partial charge is 0.480 e. The molecule has 21 heavy (non-hydrogen) atoms. The number of anilines is 1. The molecule has 0 heterocycles. The number of benzene rings is 2. The topological polar surface area (TPSA) is 49.3 Å². The molecule has 2 unspecified atom stereocenters. The summed E-state index contributed by atoms with van der Waals surface area (Å²) in [7, 11) is 0. The molecule has 0 aliphatic heterocycles. The minimum atomic E-state index is -0.818. The number of nitrogens with one attached hydrogen (secondary N) is 1. The van der Waals surface area contributed by atoms with Crippen LogP contribution in [0.5, 0.6) is 0 Å². The lowest BCUT2D eigenvalue weighted by Gasteiger charge is -2.21. The normalized spacial score (nSPS) is 13.4. The predicted molar refractivity (Wildman–Crippen MR) is 85.7 cm³/mol. The number of hydrogen-bond donors (Lipinski definition) is 2. The molecule has 0 aromatic heterocycles. The first-order valence-electron chi connectivity index (χ1n) is 7.18. The minimum absolute atomic E-state index is 0.184. The smallest absolute Gasteiger partial charge is 0.326 e. The summed E-state index contributed by atoms with van der Waals surface area (Å²) < 4.78 is 0. The molecule has 0 saturated heterocycles. The highest BCUT2D eigenvalue weighted by atomic mass is 16.4. The van der Waals surface area contributed by atoms with E-state index in [0.29, 0.717) is 6.42 Å². The molecule has 2 N–H and O–H groups in total. The van der Waals surface area contributed by atoms with Crippen LogP contribution in [0, 0.1) is 6.92 Å². The maximum Gasteiger partial charge on any atom is 0.326 e. The van der Waals surface area contributed by atoms with Gasteiger partial charge in [-0.05, 0) is 36.5 Å². The maximum absolute atomic E-state index is 11.5. The first kappa shape index (κ1) is 15.1. The Labute approximate surface area is 125 Å². The monoisotopic (exact) mass is 283 g/mol. The first-order valence-corrected chi connectivity index (χ1v) is 7.18. The van der Waals surface area contributed by atoms with Crippen LogP contribution in [0.3, 0.4) is 0 Å². The van der Waals surface area contributed by atoms with E-state index < -0.39 is 12.0 Å². The summed E-state index contributed by atoms with van der Waals surface area (Å²) in [6, 6.07) is 17.2. The van der Waals surface area contributed by atoms with Crippen LogP contribution in [0.2, 0.25) is 0 Å². The van der Waals surface area contributed by atoms with Crippen molar-refractivity contribution < 1.29 is 9.90 Å². The molecular weight excluding hydrogens is 262 g/mol. The van der Waals surface area contributed by atoms with E-state index in [2.05, 4.69) is 12.2 Å². The first-order chi connectivity index (χ1) is 10.1. The second-order valence-corrected chi connectivity index (χ2v) is 5.40. The van der Waals surface area contributed by atoms with Gasteiger partial charge in [-0.1, -0.05) is 55.5 Å². The molecule has 110 valence electrons. The Morgan fingerprint density at radius 1 is 1.10 bits per heavy atom. The number of carboxylic acids is 1. The second-order valence-electron chi connectivity index (χ2n) is 5.40. The van der Waals surface area contributed by atoms with E-state index in [-0.39, 0.29) is 5.92 Å². The Bertz CT molecular complexity index is 595. The highest BCUT2D eigenvalue weighted by molar-refractivity contribution is 5.77. The van der Waals surface area contributed by atoms with Gasteiger partial charge in [0.2, 0.25) is 0 Å². The molecule has 0 aliphatic carbocycles. The van der Waals surface area contributed by atoms with Gasteiger partial charge in [0.25, 0.3) is 0 Å². The molecule has 0 aliphatic rings. The fraction of sp³-hybridized carbons (Fsp3) is 0.278. The number of aryl methyl sites for hydroxylation is 1. The highest BCUT2D eigenvalue weighted by Gasteiger charge is 2.21. The molecule has 2 aromatic rings. The molecule has 2 atom stereocenters. The summed E-state index contributed by atoms with van der Waals surface area (Å²) in [5, 5.41) is 12.6. The molecular formula is C18H21NO2. The van der Waals surface area contributed by atoms with Crippen LogP contribution in [0.4, 0.5) is 5.69 Å². The van der Waals surface area contributed by atoms with Gasteiger partial charge in [-0.15, -0.1) is 0 Å². The van der Waals surface area contributed by atoms with Crippen molar-refractivity contribution in [1.29, 1.82) is 0 Å². The lowest BCUT2D eigenvalue weighted by molar-refractivity contribution is -0.138. The molecule has 2 aromatic carbocycles. The number of rotatable bonds is 6. The van der Waals surface area contributed by atoms with Crippen LogP contribution in [0.25, 0.3) is 0 Å². The van der Waals surface area contributed by atoms with Crippen molar-refractivity contribution in [3.63, 3.8) is 0 Å². The zero-order valence-electron chi connectivity index (χ0n) is 12.4. The van der Waals surface area contributed by atoms with E-state index in [4.69, 9.17) is 0 Å². The Morgan fingerprint density at radius 2 is 1.71 bits per heavy atom. The molecule has 0 amide bonds. The minimum Gasteiger partial charge on any atom is -0.480 e. The number of carbonyl (C=O) groups is 1. The van der Waals surface area contributed by atoms with Gasteiger partial charge in [0.1, 0.15) is 6.04 Å². The predicted octanol–water partition coefficient (Wildman–Crippen LogP) is 4.05. The number of para-hydroxylation sites is 1. The number of aliphatic carboxylic acids is 1. The maximum atomic E-state index is 11.5. The van der Waals surface area contributed by atoms with Crippen LogP contribution < -0.4 is 5.32 Å². The molecule has 0 spiro atoms. The van der Waals surface area contributed by atoms with Crippen molar-refractivity contribution in [2.24, 2.45) is 0 Å². The molecule has 0 radical (unpaired) electrons. The third-order valence-corrected chi connectivity index (χ3v) is 3.73. The third-order valence-electron chi connectivity index (χ3n) is 3.73. The summed E-state index contributed by atoms with van der Waals surface area (Å²) in [4.78, 5) is 11.5. The Hall–Kier alpha value is -2.29. The van der Waals surface area contributed by atoms with Gasteiger partial charge in [-0.3, -0.25) is 0 Å². The van der Waals surface area contributed by atoms with Crippen molar-refractivity contribution in [3.05, 3.63) is 65.7 Å². The van der Waals surface area contributed by atoms with Crippen LogP contribution >= 0.6 is 0 Å².